The Bertz CT molecular complexity index is 847. The van der Waals surface area contributed by atoms with Gasteiger partial charge in [-0.05, 0) is 57.2 Å². The highest BCUT2D eigenvalue weighted by Gasteiger charge is 2.28. The van der Waals surface area contributed by atoms with Crippen molar-refractivity contribution in [2.45, 2.75) is 43.9 Å². The van der Waals surface area contributed by atoms with Crippen LogP contribution in [0.4, 0.5) is 10.1 Å². The molecular weight excluding hydrogens is 381 g/mol. The number of pyridine rings is 1. The van der Waals surface area contributed by atoms with Crippen LogP contribution in [0.2, 0.25) is 0 Å². The summed E-state index contributed by atoms with van der Waals surface area (Å²) in [6, 6.07) is 8.25. The Hall–Kier alpha value is -2.32. The maximum absolute atomic E-state index is 12.7. The van der Waals surface area contributed by atoms with Gasteiger partial charge in [0.05, 0.1) is 13.2 Å². The summed E-state index contributed by atoms with van der Waals surface area (Å²) >= 11 is 0. The lowest BCUT2D eigenvalue weighted by atomic mass is 10.2. The van der Waals surface area contributed by atoms with Gasteiger partial charge in [0.1, 0.15) is 22.7 Å². The summed E-state index contributed by atoms with van der Waals surface area (Å²) in [6.07, 6.45) is 4.87. The third-order valence-electron chi connectivity index (χ3n) is 4.28. The fraction of sp³-hybridized carbons (Fsp3) is 0.400. The number of ether oxygens (including phenoxy) is 2. The molecule has 1 fully saturated rings. The van der Waals surface area contributed by atoms with E-state index in [1.165, 1.54) is 13.2 Å². The van der Waals surface area contributed by atoms with Gasteiger partial charge >= 0.3 is 0 Å². The molecule has 1 aromatic carbocycles. The van der Waals surface area contributed by atoms with E-state index in [1.807, 2.05) is 6.92 Å². The lowest BCUT2D eigenvalue weighted by molar-refractivity contribution is -0.126. The minimum atomic E-state index is -0.655. The van der Waals surface area contributed by atoms with Crippen molar-refractivity contribution < 1.29 is 18.7 Å². The fourth-order valence-corrected chi connectivity index (χ4v) is 3.20. The first-order valence-corrected chi connectivity index (χ1v) is 10.5. The van der Waals surface area contributed by atoms with Crippen molar-refractivity contribution in [2.75, 3.05) is 18.7 Å². The van der Waals surface area contributed by atoms with Crippen LogP contribution in [0.15, 0.2) is 41.6 Å². The van der Waals surface area contributed by atoms with Gasteiger partial charge in [-0.2, -0.15) is 0 Å². The summed E-state index contributed by atoms with van der Waals surface area (Å²) in [6.45, 7) is 3.66. The van der Waals surface area contributed by atoms with E-state index in [9.17, 15) is 9.18 Å². The standard InChI is InChI=1S/C12H17N3O2S.C8H9FO/c1-8-3-4-10(17-8)12(16)15-9-5-6-14-11(7-9)18(2)13;1-6-7(9)4-3-5-8(6)10-2/h5-8,10,13H,3-4H2,1-2H3,(H,14,15,16);3-5H,1-2H3. The largest absolute Gasteiger partial charge is 0.496 e. The predicted molar refractivity (Wildman–Crippen MR) is 108 cm³/mol. The van der Waals surface area contributed by atoms with E-state index in [2.05, 4.69) is 10.3 Å². The number of anilines is 1. The van der Waals surface area contributed by atoms with E-state index in [0.29, 0.717) is 22.0 Å². The van der Waals surface area contributed by atoms with Crippen molar-refractivity contribution in [3.63, 3.8) is 0 Å². The van der Waals surface area contributed by atoms with Gasteiger partial charge in [0.15, 0.2) is 0 Å². The fourth-order valence-electron chi connectivity index (χ4n) is 2.68. The minimum Gasteiger partial charge on any atom is -0.496 e. The molecule has 3 atom stereocenters. The van der Waals surface area contributed by atoms with Gasteiger partial charge in [-0.25, -0.2) is 9.37 Å². The second-order valence-electron chi connectivity index (χ2n) is 6.46. The van der Waals surface area contributed by atoms with Crippen molar-refractivity contribution in [3.05, 3.63) is 47.9 Å². The van der Waals surface area contributed by atoms with Gasteiger partial charge in [-0.15, -0.1) is 0 Å². The van der Waals surface area contributed by atoms with Crippen LogP contribution in [-0.2, 0) is 20.2 Å². The number of nitrogens with zero attached hydrogens (tertiary/aromatic N) is 1. The molecule has 8 heteroatoms. The smallest absolute Gasteiger partial charge is 0.253 e. The molecule has 1 aliphatic heterocycles. The summed E-state index contributed by atoms with van der Waals surface area (Å²) in [4.78, 5) is 16.0. The molecule has 2 N–H and O–H groups in total. The molecule has 1 aliphatic rings. The molecule has 2 aromatic rings. The normalized spacial score (nSPS) is 19.3. The molecule has 1 aromatic heterocycles. The summed E-state index contributed by atoms with van der Waals surface area (Å²) in [7, 11) is 0.874. The maximum Gasteiger partial charge on any atom is 0.253 e. The molecule has 0 saturated carbocycles. The third-order valence-corrected chi connectivity index (χ3v) is 5.13. The number of hydrogen-bond acceptors (Lipinski definition) is 5. The van der Waals surface area contributed by atoms with Crippen LogP contribution in [0, 0.1) is 17.5 Å². The van der Waals surface area contributed by atoms with Crippen molar-refractivity contribution in [2.24, 2.45) is 0 Å². The third kappa shape index (κ3) is 6.10. The van der Waals surface area contributed by atoms with Crippen molar-refractivity contribution >= 4 is 22.3 Å². The van der Waals surface area contributed by atoms with Crippen LogP contribution in [0.5, 0.6) is 5.75 Å². The van der Waals surface area contributed by atoms with Gasteiger partial charge < -0.3 is 14.8 Å². The number of carbonyl (C=O) groups excluding carboxylic acids is 1. The predicted octanol–water partition coefficient (Wildman–Crippen LogP) is 4.10. The molecule has 2 heterocycles. The second kappa shape index (κ2) is 10.3. The molecule has 1 saturated heterocycles. The lowest BCUT2D eigenvalue weighted by Crippen LogP contribution is -2.27. The summed E-state index contributed by atoms with van der Waals surface area (Å²) in [5.41, 5.74) is 1.24. The van der Waals surface area contributed by atoms with Gasteiger partial charge in [0.25, 0.3) is 5.91 Å². The number of aromatic nitrogens is 1. The monoisotopic (exact) mass is 407 g/mol. The van der Waals surface area contributed by atoms with Crippen molar-refractivity contribution in [3.8, 4) is 5.75 Å². The van der Waals surface area contributed by atoms with Crippen LogP contribution in [0.3, 0.4) is 0 Å². The Morgan fingerprint density at radius 1 is 1.39 bits per heavy atom. The second-order valence-corrected chi connectivity index (χ2v) is 7.90. The molecule has 6 nitrogen and oxygen atoms in total. The Balaban J connectivity index is 0.000000237. The average Bonchev–Trinajstić information content (AvgIpc) is 3.11. The highest BCUT2D eigenvalue weighted by atomic mass is 32.2. The van der Waals surface area contributed by atoms with E-state index in [-0.39, 0.29) is 23.9 Å². The van der Waals surface area contributed by atoms with Crippen molar-refractivity contribution in [1.82, 2.24) is 4.98 Å². The molecule has 0 bridgehead atoms. The molecular formula is C20H26FN3O3S. The number of hydrogen-bond donors (Lipinski definition) is 2. The number of nitrogens with one attached hydrogen (secondary N) is 2. The summed E-state index contributed by atoms with van der Waals surface area (Å²) in [5.74, 6) is 0.261. The van der Waals surface area contributed by atoms with Crippen LogP contribution in [-0.4, -0.2) is 36.5 Å². The first-order chi connectivity index (χ1) is 13.3. The highest BCUT2D eigenvalue weighted by Crippen LogP contribution is 2.21. The first-order valence-electron chi connectivity index (χ1n) is 8.90. The van der Waals surface area contributed by atoms with Crippen LogP contribution in [0.25, 0.3) is 0 Å². The zero-order valence-corrected chi connectivity index (χ0v) is 17.3. The minimum absolute atomic E-state index is 0.113. The number of carbonyl (C=O) groups is 1. The molecule has 0 spiro atoms. The van der Waals surface area contributed by atoms with E-state index >= 15 is 0 Å². The number of amides is 1. The van der Waals surface area contributed by atoms with Gasteiger partial charge in [-0.3, -0.25) is 9.57 Å². The zero-order valence-electron chi connectivity index (χ0n) is 16.5. The SMILES string of the molecule is CC1CCC(C(=O)Nc2ccnc(S(C)=N)c2)O1.COc1cccc(F)c1C. The summed E-state index contributed by atoms with van der Waals surface area (Å²) in [5, 5.41) is 3.49. The first kappa shape index (κ1) is 22.0. The molecule has 0 radical (unpaired) electrons. The zero-order chi connectivity index (χ0) is 20.7. The Labute approximate surface area is 167 Å². The maximum atomic E-state index is 12.7. The van der Waals surface area contributed by atoms with Gasteiger partial charge in [0.2, 0.25) is 0 Å². The lowest BCUT2D eigenvalue weighted by Gasteiger charge is -2.12. The number of methoxy groups -OCH3 is 1. The highest BCUT2D eigenvalue weighted by molar-refractivity contribution is 7.85. The molecule has 3 unspecified atom stereocenters. The van der Waals surface area contributed by atoms with Gasteiger partial charge in [0, 0.05) is 17.4 Å². The number of rotatable bonds is 4. The van der Waals surface area contributed by atoms with Crippen molar-refractivity contribution in [1.29, 1.82) is 4.78 Å². The van der Waals surface area contributed by atoms with E-state index in [1.54, 1.807) is 43.6 Å². The molecule has 152 valence electrons. The molecule has 28 heavy (non-hydrogen) atoms. The summed E-state index contributed by atoms with van der Waals surface area (Å²) < 4.78 is 30.7. The van der Waals surface area contributed by atoms with E-state index < -0.39 is 10.7 Å². The van der Waals surface area contributed by atoms with Crippen LogP contribution >= 0.6 is 0 Å². The molecule has 1 amide bonds. The quantitative estimate of drug-likeness (QED) is 0.799. The van der Waals surface area contributed by atoms with Crippen LogP contribution in [0.1, 0.15) is 25.3 Å². The van der Waals surface area contributed by atoms with E-state index in [0.717, 1.165) is 12.8 Å². The Morgan fingerprint density at radius 2 is 2.14 bits per heavy atom. The molecule has 0 aliphatic carbocycles. The van der Waals surface area contributed by atoms with E-state index in [4.69, 9.17) is 14.3 Å². The number of benzene rings is 1. The Morgan fingerprint density at radius 3 is 2.71 bits per heavy atom. The Kier molecular flexibility index (Phi) is 8.07. The number of halogens is 1. The average molecular weight is 408 g/mol. The van der Waals surface area contributed by atoms with Crippen LogP contribution < -0.4 is 10.1 Å². The molecule has 3 rings (SSSR count). The topological polar surface area (TPSA) is 84.3 Å². The van der Waals surface area contributed by atoms with Gasteiger partial charge in [-0.1, -0.05) is 16.8 Å².